The van der Waals surface area contributed by atoms with Crippen LogP contribution in [0.25, 0.3) is 0 Å². The number of nitrogens with one attached hydrogen (secondary N) is 1. The predicted octanol–water partition coefficient (Wildman–Crippen LogP) is 2.85. The van der Waals surface area contributed by atoms with Gasteiger partial charge in [-0.3, -0.25) is 4.79 Å². The second-order valence-corrected chi connectivity index (χ2v) is 4.52. The first-order valence-corrected chi connectivity index (χ1v) is 5.80. The number of Topliss-reactive ketones (excluding diaryl/α,β-unsaturated/α-hetero) is 1. The van der Waals surface area contributed by atoms with Crippen LogP contribution < -0.4 is 5.32 Å². The van der Waals surface area contributed by atoms with Crippen LogP contribution in [-0.2, 0) is 11.2 Å². The number of hydrogen-bond acceptors (Lipinski definition) is 2. The minimum absolute atomic E-state index is 0.122. The Morgan fingerprint density at radius 3 is 2.61 bits per heavy atom. The monoisotopic (exact) mass is 327 g/mol. The molecule has 0 atom stereocenters. The van der Waals surface area contributed by atoms with Gasteiger partial charge in [0.25, 0.3) is 0 Å². The zero-order valence-electron chi connectivity index (χ0n) is 9.15. The number of ketones is 1. The average Bonchev–Trinajstić information content (AvgIpc) is 2.21. The topological polar surface area (TPSA) is 29.1 Å². The third-order valence-corrected chi connectivity index (χ3v) is 2.82. The van der Waals surface area contributed by atoms with Crippen molar-refractivity contribution in [1.29, 1.82) is 0 Å². The molecular weight excluding hydrogens is 318 g/mol. The third kappa shape index (κ3) is 5.59. The van der Waals surface area contributed by atoms with Gasteiger partial charge >= 0.3 is 6.18 Å². The van der Waals surface area contributed by atoms with Crippen molar-refractivity contribution in [3.8, 4) is 0 Å². The van der Waals surface area contributed by atoms with E-state index >= 15 is 0 Å². The fourth-order valence-corrected chi connectivity index (χ4v) is 1.68. The third-order valence-electron chi connectivity index (χ3n) is 2.04. The summed E-state index contributed by atoms with van der Waals surface area (Å²) in [4.78, 5) is 11.4. The van der Waals surface area contributed by atoms with Crippen LogP contribution in [0.4, 0.5) is 17.6 Å². The van der Waals surface area contributed by atoms with Crippen LogP contribution in [0.5, 0.6) is 0 Å². The summed E-state index contributed by atoms with van der Waals surface area (Å²) in [6, 6.07) is 3.84. The van der Waals surface area contributed by atoms with Gasteiger partial charge in [0.05, 0.1) is 13.1 Å². The number of alkyl halides is 3. The Kier molecular flexibility index (Phi) is 5.28. The molecule has 0 saturated heterocycles. The molecule has 100 valence electrons. The molecular formula is C11H10BrF4NO. The fourth-order valence-electron chi connectivity index (χ4n) is 1.30. The van der Waals surface area contributed by atoms with Gasteiger partial charge in [-0.15, -0.1) is 0 Å². The first-order chi connectivity index (χ1) is 8.28. The Labute approximate surface area is 109 Å². The van der Waals surface area contributed by atoms with Gasteiger partial charge in [-0.05, 0) is 23.8 Å². The second-order valence-electron chi connectivity index (χ2n) is 3.67. The quantitative estimate of drug-likeness (QED) is 0.842. The summed E-state index contributed by atoms with van der Waals surface area (Å²) in [5.41, 5.74) is 0.411. The summed E-state index contributed by atoms with van der Waals surface area (Å²) in [6.07, 6.45) is -4.47. The Balaban J connectivity index is 2.47. The van der Waals surface area contributed by atoms with Gasteiger partial charge < -0.3 is 5.32 Å². The highest BCUT2D eigenvalue weighted by molar-refractivity contribution is 9.10. The smallest absolute Gasteiger partial charge is 0.302 e. The van der Waals surface area contributed by atoms with E-state index in [4.69, 9.17) is 0 Å². The van der Waals surface area contributed by atoms with Gasteiger partial charge in [0.15, 0.2) is 5.78 Å². The van der Waals surface area contributed by atoms with Crippen molar-refractivity contribution in [3.63, 3.8) is 0 Å². The zero-order valence-corrected chi connectivity index (χ0v) is 10.7. The number of rotatable bonds is 5. The molecule has 2 nitrogen and oxygen atoms in total. The van der Waals surface area contributed by atoms with Crippen LogP contribution >= 0.6 is 15.9 Å². The molecule has 1 aromatic carbocycles. The van der Waals surface area contributed by atoms with E-state index in [2.05, 4.69) is 15.9 Å². The Hall–Kier alpha value is -0.950. The molecule has 1 N–H and O–H groups in total. The summed E-state index contributed by atoms with van der Waals surface area (Å²) in [6.45, 7) is -1.62. The minimum Gasteiger partial charge on any atom is -0.302 e. The van der Waals surface area contributed by atoms with Gasteiger partial charge in [0, 0.05) is 10.9 Å². The van der Waals surface area contributed by atoms with Crippen molar-refractivity contribution in [2.75, 3.05) is 13.1 Å². The number of hydrogen-bond donors (Lipinski definition) is 1. The van der Waals surface area contributed by atoms with Crippen LogP contribution in [-0.4, -0.2) is 25.0 Å². The molecule has 1 aromatic rings. The Morgan fingerprint density at radius 2 is 2.00 bits per heavy atom. The maximum atomic E-state index is 12.9. The molecule has 0 radical (unpaired) electrons. The van der Waals surface area contributed by atoms with Gasteiger partial charge in [0.2, 0.25) is 0 Å². The highest BCUT2D eigenvalue weighted by Crippen LogP contribution is 2.18. The molecule has 7 heteroatoms. The van der Waals surface area contributed by atoms with Crippen LogP contribution in [0.1, 0.15) is 5.56 Å². The lowest BCUT2D eigenvalue weighted by Gasteiger charge is -2.08. The summed E-state index contributed by atoms with van der Waals surface area (Å²) in [7, 11) is 0. The normalized spacial score (nSPS) is 11.6. The predicted molar refractivity (Wildman–Crippen MR) is 61.7 cm³/mol. The molecule has 18 heavy (non-hydrogen) atoms. The molecule has 0 bridgehead atoms. The van der Waals surface area contributed by atoms with Crippen molar-refractivity contribution >= 4 is 21.7 Å². The lowest BCUT2D eigenvalue weighted by molar-refractivity contribution is -0.127. The van der Waals surface area contributed by atoms with Crippen LogP contribution in [0.15, 0.2) is 22.7 Å². The van der Waals surface area contributed by atoms with Gasteiger partial charge in [-0.1, -0.05) is 15.9 Å². The molecule has 0 spiro atoms. The number of carbonyl (C=O) groups excluding carboxylic acids is 1. The van der Waals surface area contributed by atoms with E-state index in [-0.39, 0.29) is 6.42 Å². The highest BCUT2D eigenvalue weighted by atomic mass is 79.9. The average molecular weight is 328 g/mol. The second kappa shape index (κ2) is 6.29. The van der Waals surface area contributed by atoms with E-state index in [1.807, 2.05) is 5.32 Å². The van der Waals surface area contributed by atoms with Crippen molar-refractivity contribution in [2.24, 2.45) is 0 Å². The summed E-state index contributed by atoms with van der Waals surface area (Å²) in [5, 5.41) is 2.00. The summed E-state index contributed by atoms with van der Waals surface area (Å²) in [5.74, 6) is -0.935. The summed E-state index contributed by atoms with van der Waals surface area (Å²) >= 11 is 3.14. The molecule has 1 rings (SSSR count). The van der Waals surface area contributed by atoms with Gasteiger partial charge in [-0.2, -0.15) is 13.2 Å². The van der Waals surface area contributed by atoms with Crippen LogP contribution in [0.2, 0.25) is 0 Å². The van der Waals surface area contributed by atoms with Crippen molar-refractivity contribution in [1.82, 2.24) is 5.32 Å². The SMILES string of the molecule is O=C(CNCC(F)(F)F)Cc1cc(F)ccc1Br. The van der Waals surface area contributed by atoms with E-state index < -0.39 is 30.9 Å². The van der Waals surface area contributed by atoms with E-state index in [1.165, 1.54) is 18.2 Å². The largest absolute Gasteiger partial charge is 0.401 e. The van der Waals surface area contributed by atoms with Gasteiger partial charge in [0.1, 0.15) is 5.82 Å². The zero-order chi connectivity index (χ0) is 13.8. The van der Waals surface area contributed by atoms with E-state index in [0.29, 0.717) is 10.0 Å². The first kappa shape index (κ1) is 15.1. The number of carbonyl (C=O) groups is 1. The molecule has 0 heterocycles. The first-order valence-electron chi connectivity index (χ1n) is 5.01. The molecule has 0 fully saturated rings. The van der Waals surface area contributed by atoms with Crippen LogP contribution in [0, 0.1) is 5.82 Å². The highest BCUT2D eigenvalue weighted by Gasteiger charge is 2.26. The fraction of sp³-hybridized carbons (Fsp3) is 0.364. The Bertz CT molecular complexity index is 434. The number of benzene rings is 1. The standard InChI is InChI=1S/C11H10BrF4NO/c12-10-2-1-8(13)3-7(10)4-9(18)5-17-6-11(14,15)16/h1-3,17H,4-6H2. The van der Waals surface area contributed by atoms with E-state index in [0.717, 1.165) is 0 Å². The maximum absolute atomic E-state index is 12.9. The van der Waals surface area contributed by atoms with E-state index in [9.17, 15) is 22.4 Å². The molecule has 0 amide bonds. The van der Waals surface area contributed by atoms with E-state index in [1.54, 1.807) is 0 Å². The lowest BCUT2D eigenvalue weighted by atomic mass is 10.1. The van der Waals surface area contributed by atoms with Crippen molar-refractivity contribution in [3.05, 3.63) is 34.1 Å². The molecule has 0 saturated carbocycles. The maximum Gasteiger partial charge on any atom is 0.401 e. The lowest BCUT2D eigenvalue weighted by Crippen LogP contribution is -2.33. The summed E-state index contributed by atoms with van der Waals surface area (Å²) < 4.78 is 48.9. The van der Waals surface area contributed by atoms with Crippen molar-refractivity contribution in [2.45, 2.75) is 12.6 Å². The van der Waals surface area contributed by atoms with Gasteiger partial charge in [-0.25, -0.2) is 4.39 Å². The molecule has 0 aliphatic rings. The van der Waals surface area contributed by atoms with Crippen molar-refractivity contribution < 1.29 is 22.4 Å². The molecule has 0 aliphatic heterocycles. The van der Waals surface area contributed by atoms with Crippen LogP contribution in [0.3, 0.4) is 0 Å². The minimum atomic E-state index is -4.35. The molecule has 0 aliphatic carbocycles. The Morgan fingerprint density at radius 1 is 1.33 bits per heavy atom. The molecule has 0 aromatic heterocycles. The molecule has 0 unspecified atom stereocenters. The number of halogens is 5.